The zero-order chi connectivity index (χ0) is 17.7. The molecule has 0 radical (unpaired) electrons. The second kappa shape index (κ2) is 7.79. The molecule has 25 heavy (non-hydrogen) atoms. The van der Waals surface area contributed by atoms with Crippen molar-refractivity contribution in [3.8, 4) is 6.07 Å². The Morgan fingerprint density at radius 2 is 1.80 bits per heavy atom. The molecule has 0 amide bonds. The van der Waals surface area contributed by atoms with E-state index in [2.05, 4.69) is 9.62 Å². The van der Waals surface area contributed by atoms with Crippen molar-refractivity contribution in [2.24, 2.45) is 0 Å². The topological polar surface area (TPSA) is 73.2 Å². The zero-order valence-electron chi connectivity index (χ0n) is 13.9. The van der Waals surface area contributed by atoms with Crippen molar-refractivity contribution in [2.45, 2.75) is 23.8 Å². The van der Waals surface area contributed by atoms with Crippen molar-refractivity contribution in [2.75, 3.05) is 19.6 Å². The van der Waals surface area contributed by atoms with Crippen LogP contribution in [0, 0.1) is 11.3 Å². The van der Waals surface area contributed by atoms with Crippen molar-refractivity contribution < 1.29 is 8.42 Å². The highest BCUT2D eigenvalue weighted by Crippen LogP contribution is 2.25. The van der Waals surface area contributed by atoms with E-state index in [9.17, 15) is 8.42 Å². The summed E-state index contributed by atoms with van der Waals surface area (Å²) in [6.45, 7) is 2.26. The summed E-state index contributed by atoms with van der Waals surface area (Å²) >= 11 is 0. The Labute approximate surface area is 149 Å². The minimum absolute atomic E-state index is 0.0117. The Morgan fingerprint density at radius 3 is 2.48 bits per heavy atom. The normalized spacial score (nSPS) is 16.4. The van der Waals surface area contributed by atoms with Crippen LogP contribution < -0.4 is 4.72 Å². The molecule has 1 saturated heterocycles. The maximum absolute atomic E-state index is 12.6. The first kappa shape index (κ1) is 17.6. The van der Waals surface area contributed by atoms with Crippen LogP contribution in [0.3, 0.4) is 0 Å². The van der Waals surface area contributed by atoms with Crippen molar-refractivity contribution in [1.82, 2.24) is 9.62 Å². The smallest absolute Gasteiger partial charge is 0.240 e. The van der Waals surface area contributed by atoms with Gasteiger partial charge in [0.25, 0.3) is 0 Å². The average molecular weight is 355 g/mol. The maximum atomic E-state index is 12.6. The molecule has 3 rings (SSSR count). The van der Waals surface area contributed by atoms with Gasteiger partial charge in [-0.15, -0.1) is 0 Å². The van der Waals surface area contributed by atoms with Crippen molar-refractivity contribution in [3.05, 3.63) is 65.7 Å². The van der Waals surface area contributed by atoms with Crippen LogP contribution >= 0.6 is 0 Å². The molecule has 0 bridgehead atoms. The van der Waals surface area contributed by atoms with Gasteiger partial charge < -0.3 is 0 Å². The first-order valence-corrected chi connectivity index (χ1v) is 9.87. The summed E-state index contributed by atoms with van der Waals surface area (Å²) in [7, 11) is -3.65. The monoisotopic (exact) mass is 355 g/mol. The molecule has 0 aliphatic carbocycles. The van der Waals surface area contributed by atoms with Crippen molar-refractivity contribution >= 4 is 10.0 Å². The molecule has 1 aliphatic rings. The number of sulfonamides is 1. The van der Waals surface area contributed by atoms with E-state index in [4.69, 9.17) is 5.26 Å². The second-order valence-electron chi connectivity index (χ2n) is 6.16. The van der Waals surface area contributed by atoms with Gasteiger partial charge in [-0.05, 0) is 49.7 Å². The standard InChI is InChI=1S/C19H21N3O2S/c20-14-16-7-6-10-18(13-16)25(23,24)21-15-19(22-11-4-5-12-22)17-8-2-1-3-9-17/h1-3,6-10,13,19,21H,4-5,11-12,15H2. The number of nitrogens with one attached hydrogen (secondary N) is 1. The van der Waals surface area contributed by atoms with Crippen LogP contribution in [0.5, 0.6) is 0 Å². The molecule has 1 N–H and O–H groups in total. The summed E-state index contributed by atoms with van der Waals surface area (Å²) in [6.07, 6.45) is 2.28. The fraction of sp³-hybridized carbons (Fsp3) is 0.316. The molecule has 1 unspecified atom stereocenters. The Bertz CT molecular complexity index is 854. The summed E-state index contributed by atoms with van der Waals surface area (Å²) in [4.78, 5) is 2.45. The lowest BCUT2D eigenvalue weighted by Gasteiger charge is -2.28. The van der Waals surface area contributed by atoms with Gasteiger partial charge in [0.15, 0.2) is 0 Å². The Kier molecular flexibility index (Phi) is 5.49. The quantitative estimate of drug-likeness (QED) is 0.865. The maximum Gasteiger partial charge on any atom is 0.240 e. The molecule has 1 fully saturated rings. The molecule has 2 aromatic rings. The summed E-state index contributed by atoms with van der Waals surface area (Å²) < 4.78 is 27.9. The predicted octanol–water partition coefficient (Wildman–Crippen LogP) is 2.67. The lowest BCUT2D eigenvalue weighted by Crippen LogP contribution is -2.36. The van der Waals surface area contributed by atoms with E-state index in [1.54, 1.807) is 12.1 Å². The third-order valence-electron chi connectivity index (χ3n) is 4.51. The zero-order valence-corrected chi connectivity index (χ0v) is 14.7. The van der Waals surface area contributed by atoms with Gasteiger partial charge in [-0.25, -0.2) is 13.1 Å². The second-order valence-corrected chi connectivity index (χ2v) is 7.93. The molecule has 1 heterocycles. The minimum atomic E-state index is -3.65. The SMILES string of the molecule is N#Cc1cccc(S(=O)(=O)NCC(c2ccccc2)N2CCCC2)c1. The van der Waals surface area contributed by atoms with E-state index < -0.39 is 10.0 Å². The molecule has 5 nitrogen and oxygen atoms in total. The van der Waals surface area contributed by atoms with E-state index in [1.807, 2.05) is 36.4 Å². The fourth-order valence-corrected chi connectivity index (χ4v) is 4.27. The van der Waals surface area contributed by atoms with Gasteiger partial charge in [-0.3, -0.25) is 4.90 Å². The lowest BCUT2D eigenvalue weighted by molar-refractivity contribution is 0.246. The summed E-state index contributed by atoms with van der Waals surface area (Å²) in [5, 5.41) is 8.97. The highest BCUT2D eigenvalue weighted by Gasteiger charge is 2.25. The largest absolute Gasteiger partial charge is 0.295 e. The van der Waals surface area contributed by atoms with Gasteiger partial charge >= 0.3 is 0 Å². The highest BCUT2D eigenvalue weighted by molar-refractivity contribution is 7.89. The Hall–Kier alpha value is -2.20. The first-order chi connectivity index (χ1) is 12.1. The number of rotatable bonds is 6. The fourth-order valence-electron chi connectivity index (χ4n) is 3.19. The number of likely N-dealkylation sites (tertiary alicyclic amines) is 1. The summed E-state index contributed by atoms with van der Waals surface area (Å²) in [6, 6.07) is 18.1. The Morgan fingerprint density at radius 1 is 1.08 bits per heavy atom. The van der Waals surface area contributed by atoms with Crippen LogP contribution in [0.1, 0.15) is 30.0 Å². The lowest BCUT2D eigenvalue weighted by atomic mass is 10.1. The van der Waals surface area contributed by atoms with Crippen molar-refractivity contribution in [1.29, 1.82) is 5.26 Å². The number of hydrogen-bond donors (Lipinski definition) is 1. The van der Waals surface area contributed by atoms with Crippen LogP contribution in [0.25, 0.3) is 0 Å². The average Bonchev–Trinajstić information content (AvgIpc) is 3.17. The molecular weight excluding hydrogens is 334 g/mol. The molecule has 130 valence electrons. The van der Waals surface area contributed by atoms with Gasteiger partial charge in [0.2, 0.25) is 10.0 Å². The minimum Gasteiger partial charge on any atom is -0.295 e. The Balaban J connectivity index is 1.79. The third kappa shape index (κ3) is 4.26. The molecule has 1 atom stereocenters. The predicted molar refractivity (Wildman–Crippen MR) is 96.3 cm³/mol. The van der Waals surface area contributed by atoms with Gasteiger partial charge in [-0.2, -0.15) is 5.26 Å². The summed E-state index contributed by atoms with van der Waals surface area (Å²) in [5.74, 6) is 0. The van der Waals surface area contributed by atoms with E-state index in [1.165, 1.54) is 12.1 Å². The van der Waals surface area contributed by atoms with E-state index in [0.29, 0.717) is 12.1 Å². The molecule has 1 aliphatic heterocycles. The van der Waals surface area contributed by atoms with Crippen molar-refractivity contribution in [3.63, 3.8) is 0 Å². The molecule has 0 spiro atoms. The van der Waals surface area contributed by atoms with Gasteiger partial charge in [0.1, 0.15) is 0 Å². The molecular formula is C19H21N3O2S. The van der Waals surface area contributed by atoms with E-state index in [0.717, 1.165) is 31.5 Å². The molecule has 0 saturated carbocycles. The van der Waals surface area contributed by atoms with Gasteiger partial charge in [0, 0.05) is 12.6 Å². The van der Waals surface area contributed by atoms with Crippen LogP contribution in [-0.2, 0) is 10.0 Å². The number of hydrogen-bond acceptors (Lipinski definition) is 4. The highest BCUT2D eigenvalue weighted by atomic mass is 32.2. The third-order valence-corrected chi connectivity index (χ3v) is 5.93. The van der Waals surface area contributed by atoms with E-state index >= 15 is 0 Å². The van der Waals surface area contributed by atoms with Crippen LogP contribution in [0.2, 0.25) is 0 Å². The van der Waals surface area contributed by atoms with Crippen LogP contribution in [0.4, 0.5) is 0 Å². The van der Waals surface area contributed by atoms with E-state index in [-0.39, 0.29) is 10.9 Å². The summed E-state index contributed by atoms with van der Waals surface area (Å²) in [5.41, 5.74) is 1.44. The van der Waals surface area contributed by atoms with Gasteiger partial charge in [-0.1, -0.05) is 36.4 Å². The van der Waals surface area contributed by atoms with Crippen LogP contribution in [-0.4, -0.2) is 33.0 Å². The van der Waals surface area contributed by atoms with Gasteiger partial charge in [0.05, 0.1) is 16.5 Å². The number of nitrogens with zero attached hydrogens (tertiary/aromatic N) is 2. The number of benzene rings is 2. The molecule has 2 aromatic carbocycles. The number of nitriles is 1. The molecule has 6 heteroatoms. The molecule has 0 aromatic heterocycles. The van der Waals surface area contributed by atoms with Crippen LogP contribution in [0.15, 0.2) is 59.5 Å². The first-order valence-electron chi connectivity index (χ1n) is 8.39.